The van der Waals surface area contributed by atoms with Crippen LogP contribution in [0.3, 0.4) is 0 Å². The average molecular weight is 187 g/mol. The smallest absolute Gasteiger partial charge is 0.220 e. The van der Waals surface area contributed by atoms with Crippen LogP contribution in [0.5, 0.6) is 0 Å². The van der Waals surface area contributed by atoms with Gasteiger partial charge in [-0.3, -0.25) is 4.79 Å². The lowest BCUT2D eigenvalue weighted by molar-refractivity contribution is -0.121. The van der Waals surface area contributed by atoms with Crippen LogP contribution in [0.2, 0.25) is 0 Å². The van der Waals surface area contributed by atoms with Crippen LogP contribution in [0.15, 0.2) is 0 Å². The molecule has 0 saturated carbocycles. The van der Waals surface area contributed by atoms with E-state index < -0.39 is 0 Å². The number of rotatable bonds is 8. The summed E-state index contributed by atoms with van der Waals surface area (Å²) in [6.45, 7) is 3.64. The molecule has 0 aromatic carbocycles. The van der Waals surface area contributed by atoms with Crippen molar-refractivity contribution in [1.29, 1.82) is 0 Å². The summed E-state index contributed by atoms with van der Waals surface area (Å²) >= 11 is 0. The van der Waals surface area contributed by atoms with Crippen molar-refractivity contribution in [3.63, 3.8) is 0 Å². The van der Waals surface area contributed by atoms with Crippen molar-refractivity contribution in [2.45, 2.75) is 39.0 Å². The maximum absolute atomic E-state index is 11.1. The molecule has 1 amide bonds. The number of methoxy groups -OCH3 is 1. The minimum absolute atomic E-state index is 0.146. The predicted molar refractivity (Wildman–Crippen MR) is 53.6 cm³/mol. The first-order valence-corrected chi connectivity index (χ1v) is 5.07. The molecule has 0 bridgehead atoms. The van der Waals surface area contributed by atoms with Gasteiger partial charge in [0.2, 0.25) is 5.91 Å². The standard InChI is InChI=1S/C10H21NO2/c1-3-4-5-8-11-10(12)7-6-9-13-2/h3-9H2,1-2H3,(H,11,12). The van der Waals surface area contributed by atoms with E-state index in [4.69, 9.17) is 4.74 Å². The maximum atomic E-state index is 11.1. The zero-order valence-electron chi connectivity index (χ0n) is 8.77. The van der Waals surface area contributed by atoms with Gasteiger partial charge < -0.3 is 10.1 Å². The van der Waals surface area contributed by atoms with Gasteiger partial charge in [0.25, 0.3) is 0 Å². The fourth-order valence-corrected chi connectivity index (χ4v) is 1.07. The highest BCUT2D eigenvalue weighted by Crippen LogP contribution is 1.93. The molecule has 0 spiro atoms. The molecule has 78 valence electrons. The first kappa shape index (κ1) is 12.4. The second kappa shape index (κ2) is 9.52. The number of hydrogen-bond donors (Lipinski definition) is 1. The Bertz CT molecular complexity index is 126. The van der Waals surface area contributed by atoms with Gasteiger partial charge in [-0.25, -0.2) is 0 Å². The third-order valence-corrected chi connectivity index (χ3v) is 1.85. The molecule has 0 heterocycles. The Morgan fingerprint density at radius 1 is 1.31 bits per heavy atom. The summed E-state index contributed by atoms with van der Waals surface area (Å²) < 4.78 is 4.86. The molecule has 0 aliphatic carbocycles. The van der Waals surface area contributed by atoms with Crippen LogP contribution in [-0.4, -0.2) is 26.2 Å². The topological polar surface area (TPSA) is 38.3 Å². The monoisotopic (exact) mass is 187 g/mol. The molecule has 0 aliphatic heterocycles. The molecule has 1 N–H and O–H groups in total. The van der Waals surface area contributed by atoms with Gasteiger partial charge in [0.1, 0.15) is 0 Å². The van der Waals surface area contributed by atoms with Gasteiger partial charge >= 0.3 is 0 Å². The van der Waals surface area contributed by atoms with E-state index in [2.05, 4.69) is 12.2 Å². The van der Waals surface area contributed by atoms with Crippen LogP contribution in [0.25, 0.3) is 0 Å². The minimum Gasteiger partial charge on any atom is -0.385 e. The van der Waals surface area contributed by atoms with Crippen LogP contribution in [0.1, 0.15) is 39.0 Å². The van der Waals surface area contributed by atoms with E-state index in [0.717, 1.165) is 19.4 Å². The van der Waals surface area contributed by atoms with Gasteiger partial charge in [0.15, 0.2) is 0 Å². The predicted octanol–water partition coefficient (Wildman–Crippen LogP) is 1.72. The molecule has 3 nitrogen and oxygen atoms in total. The highest BCUT2D eigenvalue weighted by Gasteiger charge is 1.98. The molecular formula is C10H21NO2. The molecule has 3 heteroatoms. The molecule has 0 atom stereocenters. The molecule has 0 saturated heterocycles. The van der Waals surface area contributed by atoms with E-state index in [1.807, 2.05) is 0 Å². The van der Waals surface area contributed by atoms with Gasteiger partial charge in [-0.15, -0.1) is 0 Å². The summed E-state index contributed by atoms with van der Waals surface area (Å²) in [6, 6.07) is 0. The maximum Gasteiger partial charge on any atom is 0.220 e. The fraction of sp³-hybridized carbons (Fsp3) is 0.900. The van der Waals surface area contributed by atoms with E-state index in [9.17, 15) is 4.79 Å². The average Bonchev–Trinajstić information content (AvgIpc) is 2.13. The lowest BCUT2D eigenvalue weighted by Gasteiger charge is -2.03. The normalized spacial score (nSPS) is 10.0. The molecule has 0 fully saturated rings. The first-order chi connectivity index (χ1) is 6.31. The summed E-state index contributed by atoms with van der Waals surface area (Å²) in [5.74, 6) is 0.146. The number of unbranched alkanes of at least 4 members (excludes halogenated alkanes) is 2. The summed E-state index contributed by atoms with van der Waals surface area (Å²) in [5.41, 5.74) is 0. The number of ether oxygens (including phenoxy) is 1. The number of hydrogen-bond acceptors (Lipinski definition) is 2. The van der Waals surface area contributed by atoms with Crippen molar-refractivity contribution in [3.05, 3.63) is 0 Å². The molecular weight excluding hydrogens is 166 g/mol. The van der Waals surface area contributed by atoms with Gasteiger partial charge in [0, 0.05) is 26.7 Å². The molecule has 0 aromatic heterocycles. The lowest BCUT2D eigenvalue weighted by Crippen LogP contribution is -2.24. The van der Waals surface area contributed by atoms with Gasteiger partial charge in [0.05, 0.1) is 0 Å². The Morgan fingerprint density at radius 2 is 2.08 bits per heavy atom. The number of carbonyl (C=O) groups excluding carboxylic acids is 1. The molecule has 0 aliphatic rings. The van der Waals surface area contributed by atoms with Crippen molar-refractivity contribution in [2.24, 2.45) is 0 Å². The number of carbonyl (C=O) groups is 1. The molecule has 0 unspecified atom stereocenters. The van der Waals surface area contributed by atoms with Crippen LogP contribution < -0.4 is 5.32 Å². The van der Waals surface area contributed by atoms with Crippen LogP contribution in [-0.2, 0) is 9.53 Å². The third-order valence-electron chi connectivity index (χ3n) is 1.85. The Balaban J connectivity index is 3.11. The zero-order valence-corrected chi connectivity index (χ0v) is 8.77. The molecule has 0 aromatic rings. The molecule has 0 rings (SSSR count). The zero-order chi connectivity index (χ0) is 9.94. The highest BCUT2D eigenvalue weighted by atomic mass is 16.5. The Hall–Kier alpha value is -0.570. The Morgan fingerprint density at radius 3 is 2.69 bits per heavy atom. The summed E-state index contributed by atoms with van der Waals surface area (Å²) in [5, 5.41) is 2.88. The Kier molecular flexibility index (Phi) is 9.10. The van der Waals surface area contributed by atoms with Crippen LogP contribution in [0.4, 0.5) is 0 Å². The SMILES string of the molecule is CCCCCNC(=O)CCCOC. The van der Waals surface area contributed by atoms with Gasteiger partial charge in [-0.05, 0) is 12.8 Å². The van der Waals surface area contributed by atoms with Crippen molar-refractivity contribution in [2.75, 3.05) is 20.3 Å². The number of nitrogens with one attached hydrogen (secondary N) is 1. The summed E-state index contributed by atoms with van der Waals surface area (Å²) in [4.78, 5) is 11.1. The van der Waals surface area contributed by atoms with Crippen molar-refractivity contribution < 1.29 is 9.53 Å². The van der Waals surface area contributed by atoms with E-state index >= 15 is 0 Å². The second-order valence-electron chi connectivity index (χ2n) is 3.15. The third kappa shape index (κ3) is 9.34. The summed E-state index contributed by atoms with van der Waals surface area (Å²) in [6.07, 6.45) is 4.88. The van der Waals surface area contributed by atoms with Crippen molar-refractivity contribution in [1.82, 2.24) is 5.32 Å². The second-order valence-corrected chi connectivity index (χ2v) is 3.15. The van der Waals surface area contributed by atoms with Crippen molar-refractivity contribution in [3.8, 4) is 0 Å². The van der Waals surface area contributed by atoms with Gasteiger partial charge in [-0.2, -0.15) is 0 Å². The quantitative estimate of drug-likeness (QED) is 0.588. The largest absolute Gasteiger partial charge is 0.385 e. The summed E-state index contributed by atoms with van der Waals surface area (Å²) in [7, 11) is 1.65. The van der Waals surface area contributed by atoms with E-state index in [-0.39, 0.29) is 5.91 Å². The van der Waals surface area contributed by atoms with E-state index in [0.29, 0.717) is 13.0 Å². The van der Waals surface area contributed by atoms with Gasteiger partial charge in [-0.1, -0.05) is 19.8 Å². The van der Waals surface area contributed by atoms with Crippen molar-refractivity contribution >= 4 is 5.91 Å². The molecule has 0 radical (unpaired) electrons. The van der Waals surface area contributed by atoms with Crippen LogP contribution in [0, 0.1) is 0 Å². The molecule has 13 heavy (non-hydrogen) atoms. The number of amides is 1. The van der Waals surface area contributed by atoms with E-state index in [1.165, 1.54) is 12.8 Å². The highest BCUT2D eigenvalue weighted by molar-refractivity contribution is 5.75. The fourth-order valence-electron chi connectivity index (χ4n) is 1.07. The van der Waals surface area contributed by atoms with E-state index in [1.54, 1.807) is 7.11 Å². The Labute approximate surface area is 80.8 Å². The minimum atomic E-state index is 0.146. The first-order valence-electron chi connectivity index (χ1n) is 5.07. The lowest BCUT2D eigenvalue weighted by atomic mass is 10.2. The van der Waals surface area contributed by atoms with Crippen LogP contribution >= 0.6 is 0 Å².